The van der Waals surface area contributed by atoms with E-state index in [1.165, 1.54) is 11.1 Å². The zero-order chi connectivity index (χ0) is 26.7. The van der Waals surface area contributed by atoms with Crippen LogP contribution in [0.2, 0.25) is 9.45 Å². The summed E-state index contributed by atoms with van der Waals surface area (Å²) in [6.07, 6.45) is 0. The molecular formula is C37H33PTi. The van der Waals surface area contributed by atoms with Crippen molar-refractivity contribution < 1.29 is 16.1 Å². The third-order valence-electron chi connectivity index (χ3n) is 7.95. The summed E-state index contributed by atoms with van der Waals surface area (Å²) in [5.74, 6) is 0. The monoisotopic (exact) mass is 556 g/mol. The first-order valence-electron chi connectivity index (χ1n) is 13.7. The summed E-state index contributed by atoms with van der Waals surface area (Å²) in [6, 6.07) is 49.8. The summed E-state index contributed by atoms with van der Waals surface area (Å²) in [5.41, 5.74) is 10.5. The van der Waals surface area contributed by atoms with E-state index in [2.05, 4.69) is 116 Å². The van der Waals surface area contributed by atoms with Gasteiger partial charge >= 0.3 is 143 Å². The third-order valence-corrected chi connectivity index (χ3v) is 21.2. The van der Waals surface area contributed by atoms with Crippen LogP contribution in [0.5, 0.6) is 0 Å². The van der Waals surface area contributed by atoms with Crippen LogP contribution < -0.4 is 5.30 Å². The van der Waals surface area contributed by atoms with Gasteiger partial charge in [-0.3, -0.25) is 0 Å². The summed E-state index contributed by atoms with van der Waals surface area (Å²) in [7, 11) is 0. The Bertz CT molecular complexity index is 1510. The Labute approximate surface area is 237 Å². The topological polar surface area (TPSA) is 0 Å². The van der Waals surface area contributed by atoms with Crippen molar-refractivity contribution in [2.24, 2.45) is 0 Å². The minimum atomic E-state index is -1.83. The van der Waals surface area contributed by atoms with Crippen LogP contribution in [0.4, 0.5) is 0 Å². The van der Waals surface area contributed by atoms with Crippen molar-refractivity contribution in [3.8, 4) is 11.1 Å². The molecule has 5 aromatic carbocycles. The molecule has 1 heterocycles. The second kappa shape index (κ2) is 11.5. The zero-order valence-corrected chi connectivity index (χ0v) is 24.7. The van der Waals surface area contributed by atoms with Gasteiger partial charge in [0.05, 0.1) is 0 Å². The SMILES string of the molecule is C=C(C(=C)c1ccccc1)c1ccccc1.c1ccc([PH][Ti]2([CH]3c4ccccc4-c4ccccc43)[CH2][CH2]2)cc1. The average molecular weight is 557 g/mol. The predicted octanol–water partition coefficient (Wildman–Crippen LogP) is 10.1. The first-order chi connectivity index (χ1) is 19.2. The molecule has 39 heavy (non-hydrogen) atoms. The van der Waals surface area contributed by atoms with Gasteiger partial charge in [0.2, 0.25) is 0 Å². The molecule has 1 saturated heterocycles. The molecule has 1 atom stereocenters. The molecule has 0 nitrogen and oxygen atoms in total. The van der Waals surface area contributed by atoms with Crippen LogP contribution in [0.1, 0.15) is 26.5 Å². The van der Waals surface area contributed by atoms with Crippen LogP contribution >= 0.6 is 6.57 Å². The summed E-state index contributed by atoms with van der Waals surface area (Å²) in [5, 5.41) is 1.59. The van der Waals surface area contributed by atoms with Crippen molar-refractivity contribution in [2.75, 3.05) is 0 Å². The summed E-state index contributed by atoms with van der Waals surface area (Å²) >= 11 is -1.83. The third kappa shape index (κ3) is 5.43. The van der Waals surface area contributed by atoms with Gasteiger partial charge in [-0.1, -0.05) is 73.8 Å². The van der Waals surface area contributed by atoms with Gasteiger partial charge in [-0.2, -0.15) is 0 Å². The Morgan fingerprint density at radius 2 is 0.897 bits per heavy atom. The maximum atomic E-state index is 4.10. The molecule has 1 unspecified atom stereocenters. The van der Waals surface area contributed by atoms with E-state index in [0.29, 0.717) is 0 Å². The van der Waals surface area contributed by atoms with Gasteiger partial charge < -0.3 is 0 Å². The molecule has 1 aliphatic heterocycles. The van der Waals surface area contributed by atoms with E-state index in [9.17, 15) is 0 Å². The molecule has 1 aliphatic carbocycles. The maximum absolute atomic E-state index is 4.10. The molecule has 0 N–H and O–H groups in total. The molecule has 0 radical (unpaired) electrons. The molecule has 0 bridgehead atoms. The van der Waals surface area contributed by atoms with Gasteiger partial charge in [0.25, 0.3) is 0 Å². The van der Waals surface area contributed by atoms with Crippen LogP contribution in [0.25, 0.3) is 22.3 Å². The quantitative estimate of drug-likeness (QED) is 0.111. The van der Waals surface area contributed by atoms with Crippen LogP contribution in [-0.2, 0) is 16.1 Å². The van der Waals surface area contributed by atoms with Crippen molar-refractivity contribution in [1.82, 2.24) is 0 Å². The normalized spacial score (nSPS) is 14.7. The minimum absolute atomic E-state index is 0.765. The second-order valence-electron chi connectivity index (χ2n) is 10.4. The predicted molar refractivity (Wildman–Crippen MR) is 169 cm³/mol. The van der Waals surface area contributed by atoms with E-state index in [-0.39, 0.29) is 0 Å². The van der Waals surface area contributed by atoms with Crippen LogP contribution in [-0.4, -0.2) is 0 Å². The van der Waals surface area contributed by atoms with E-state index in [0.717, 1.165) is 33.1 Å². The van der Waals surface area contributed by atoms with Crippen molar-refractivity contribution >= 4 is 23.0 Å². The fourth-order valence-electron chi connectivity index (χ4n) is 5.81. The molecular weight excluding hydrogens is 523 g/mol. The first-order valence-corrected chi connectivity index (χ1v) is 20.1. The summed E-state index contributed by atoms with van der Waals surface area (Å²) in [6.45, 7) is 9.29. The fraction of sp³-hybridized carbons (Fsp3) is 0.0811. The summed E-state index contributed by atoms with van der Waals surface area (Å²) in [4.78, 5) is 0. The second-order valence-corrected chi connectivity index (χ2v) is 22.6. The molecule has 0 amide bonds. The number of benzene rings is 5. The number of allylic oxidation sites excluding steroid dienone is 2. The fourth-order valence-corrected chi connectivity index (χ4v) is 21.6. The molecule has 7 rings (SSSR count). The first kappa shape index (κ1) is 26.0. The van der Waals surface area contributed by atoms with E-state index in [1.807, 2.05) is 36.4 Å². The van der Waals surface area contributed by atoms with Gasteiger partial charge in [0, 0.05) is 0 Å². The molecule has 0 spiro atoms. The standard InChI is InChI=1S/C16H14.C13H9.C6H6P.C2H4.Ti/c1-13(15-9-5-3-6-10-15)14(2)16-11-7-4-8-12-16;1-3-7-12-10(5-1)9-11-6-2-4-8-13(11)12;7-6-4-2-1-3-5-6;1-2;/h3-12H,1-2H2;1-9H;1-5,7H;1-2H2;/q;;-1;;+1. The van der Waals surface area contributed by atoms with Crippen molar-refractivity contribution in [2.45, 2.75) is 13.7 Å². The molecule has 0 aromatic heterocycles. The number of fused-ring (bicyclic) bond motifs is 3. The van der Waals surface area contributed by atoms with Gasteiger partial charge in [-0.05, 0) is 22.3 Å². The Morgan fingerprint density at radius 3 is 1.33 bits per heavy atom. The van der Waals surface area contributed by atoms with E-state index in [4.69, 9.17) is 0 Å². The van der Waals surface area contributed by atoms with Gasteiger partial charge in [0.1, 0.15) is 0 Å². The molecule has 190 valence electrons. The average Bonchev–Trinajstić information content (AvgIpc) is 3.70. The number of hydrogen-bond acceptors (Lipinski definition) is 0. The van der Waals surface area contributed by atoms with Crippen LogP contribution in [0, 0.1) is 0 Å². The molecule has 0 saturated carbocycles. The summed E-state index contributed by atoms with van der Waals surface area (Å²) < 4.78 is 3.85. The zero-order valence-electron chi connectivity index (χ0n) is 22.2. The Kier molecular flexibility index (Phi) is 7.63. The molecule has 2 aliphatic rings. The molecule has 5 aromatic rings. The van der Waals surface area contributed by atoms with Gasteiger partial charge in [0.15, 0.2) is 0 Å². The van der Waals surface area contributed by atoms with E-state index < -0.39 is 16.1 Å². The number of hydrogen-bond donors (Lipinski definition) is 0. The van der Waals surface area contributed by atoms with Crippen molar-refractivity contribution in [1.29, 1.82) is 0 Å². The Balaban J connectivity index is 0.000000153. The van der Waals surface area contributed by atoms with E-state index >= 15 is 0 Å². The van der Waals surface area contributed by atoms with Crippen molar-refractivity contribution in [3.05, 3.63) is 175 Å². The van der Waals surface area contributed by atoms with Gasteiger partial charge in [-0.25, -0.2) is 0 Å². The Hall–Kier alpha value is -3.28. The van der Waals surface area contributed by atoms with Gasteiger partial charge in [-0.15, -0.1) is 0 Å². The van der Waals surface area contributed by atoms with E-state index in [1.54, 1.807) is 25.9 Å². The number of rotatable bonds is 6. The van der Waals surface area contributed by atoms with Crippen molar-refractivity contribution in [3.63, 3.8) is 0 Å². The van der Waals surface area contributed by atoms with Crippen LogP contribution in [0.3, 0.4) is 0 Å². The van der Waals surface area contributed by atoms with Crippen LogP contribution in [0.15, 0.2) is 153 Å². The molecule has 1 fully saturated rings. The molecule has 2 heteroatoms. The Morgan fingerprint density at radius 1 is 0.513 bits per heavy atom.